The molecule has 0 unspecified atom stereocenters. The molecule has 0 saturated carbocycles. The highest BCUT2D eigenvalue weighted by molar-refractivity contribution is 5.33. The SMILES string of the molecule is CNC(C)(C)Cc1ccccc1C(C)(C)C. The van der Waals surface area contributed by atoms with Gasteiger partial charge in [0.05, 0.1) is 0 Å². The fraction of sp³-hybridized carbons (Fsp3) is 0.600. The molecule has 0 aliphatic carbocycles. The van der Waals surface area contributed by atoms with Gasteiger partial charge < -0.3 is 5.32 Å². The van der Waals surface area contributed by atoms with Crippen LogP contribution < -0.4 is 5.32 Å². The minimum atomic E-state index is 0.154. The molecule has 16 heavy (non-hydrogen) atoms. The second-order valence-electron chi connectivity index (χ2n) is 6.22. The van der Waals surface area contributed by atoms with E-state index in [1.807, 2.05) is 7.05 Å². The number of benzene rings is 1. The Morgan fingerprint density at radius 1 is 1.00 bits per heavy atom. The molecule has 1 aromatic carbocycles. The van der Waals surface area contributed by atoms with E-state index in [-0.39, 0.29) is 11.0 Å². The Morgan fingerprint density at radius 3 is 2.06 bits per heavy atom. The molecule has 0 atom stereocenters. The van der Waals surface area contributed by atoms with E-state index in [0.29, 0.717) is 0 Å². The van der Waals surface area contributed by atoms with E-state index >= 15 is 0 Å². The van der Waals surface area contributed by atoms with E-state index in [0.717, 1.165) is 6.42 Å². The van der Waals surface area contributed by atoms with Gasteiger partial charge in [-0.05, 0) is 43.9 Å². The van der Waals surface area contributed by atoms with Crippen LogP contribution in [0.3, 0.4) is 0 Å². The monoisotopic (exact) mass is 219 g/mol. The Bertz CT molecular complexity index is 345. The second kappa shape index (κ2) is 4.58. The second-order valence-corrected chi connectivity index (χ2v) is 6.22. The van der Waals surface area contributed by atoms with E-state index in [1.165, 1.54) is 11.1 Å². The minimum Gasteiger partial charge on any atom is -0.314 e. The quantitative estimate of drug-likeness (QED) is 0.820. The molecule has 90 valence electrons. The zero-order valence-electron chi connectivity index (χ0n) is 11.5. The average Bonchev–Trinajstić information content (AvgIpc) is 2.16. The smallest absolute Gasteiger partial charge is 0.0162 e. The molecule has 0 bridgehead atoms. The van der Waals surface area contributed by atoms with Gasteiger partial charge in [-0.15, -0.1) is 0 Å². The van der Waals surface area contributed by atoms with Crippen molar-refractivity contribution in [3.8, 4) is 0 Å². The summed E-state index contributed by atoms with van der Waals surface area (Å²) in [6.45, 7) is 11.3. The zero-order chi connectivity index (χ0) is 12.4. The summed E-state index contributed by atoms with van der Waals surface area (Å²) in [6, 6.07) is 8.77. The molecule has 1 heteroatoms. The standard InChI is InChI=1S/C15H25N/c1-14(2,3)13-10-8-7-9-12(13)11-15(4,5)16-6/h7-10,16H,11H2,1-6H3. The molecule has 1 nitrogen and oxygen atoms in total. The van der Waals surface area contributed by atoms with Gasteiger partial charge in [-0.1, -0.05) is 45.0 Å². The van der Waals surface area contributed by atoms with Crippen LogP contribution in [0.4, 0.5) is 0 Å². The number of likely N-dealkylation sites (N-methyl/N-ethyl adjacent to an activating group) is 1. The normalized spacial score (nSPS) is 12.9. The summed E-state index contributed by atoms with van der Waals surface area (Å²) in [5.41, 5.74) is 3.29. The first-order chi connectivity index (χ1) is 7.26. The maximum atomic E-state index is 3.37. The van der Waals surface area contributed by atoms with Gasteiger partial charge in [0.1, 0.15) is 0 Å². The molecule has 0 aromatic heterocycles. The van der Waals surface area contributed by atoms with Crippen LogP contribution in [0.1, 0.15) is 45.7 Å². The minimum absolute atomic E-state index is 0.154. The largest absolute Gasteiger partial charge is 0.314 e. The van der Waals surface area contributed by atoms with Crippen molar-refractivity contribution in [2.75, 3.05) is 7.05 Å². The summed E-state index contributed by atoms with van der Waals surface area (Å²) in [4.78, 5) is 0. The van der Waals surface area contributed by atoms with E-state index in [2.05, 4.69) is 64.2 Å². The Hall–Kier alpha value is -0.820. The summed E-state index contributed by atoms with van der Waals surface area (Å²) in [5, 5.41) is 3.37. The van der Waals surface area contributed by atoms with Gasteiger partial charge in [0.2, 0.25) is 0 Å². The van der Waals surface area contributed by atoms with Crippen LogP contribution in [0.15, 0.2) is 24.3 Å². The maximum Gasteiger partial charge on any atom is 0.0162 e. The molecular weight excluding hydrogens is 194 g/mol. The van der Waals surface area contributed by atoms with Crippen molar-refractivity contribution in [1.82, 2.24) is 5.32 Å². The molecule has 1 N–H and O–H groups in total. The molecule has 0 radical (unpaired) electrons. The van der Waals surface area contributed by atoms with Crippen LogP contribution in [0.5, 0.6) is 0 Å². The predicted molar refractivity (Wildman–Crippen MR) is 72.0 cm³/mol. The predicted octanol–water partition coefficient (Wildman–Crippen LogP) is 3.52. The molecule has 0 heterocycles. The molecule has 1 rings (SSSR count). The van der Waals surface area contributed by atoms with Gasteiger partial charge in [-0.3, -0.25) is 0 Å². The molecule has 0 aliphatic rings. The van der Waals surface area contributed by atoms with Gasteiger partial charge in [-0.25, -0.2) is 0 Å². The fourth-order valence-electron chi connectivity index (χ4n) is 1.97. The van der Waals surface area contributed by atoms with Crippen molar-refractivity contribution in [3.63, 3.8) is 0 Å². The van der Waals surface area contributed by atoms with Crippen LogP contribution in [0, 0.1) is 0 Å². The van der Waals surface area contributed by atoms with E-state index in [9.17, 15) is 0 Å². The van der Waals surface area contributed by atoms with Gasteiger partial charge in [0, 0.05) is 5.54 Å². The van der Waals surface area contributed by atoms with Crippen LogP contribution in [-0.2, 0) is 11.8 Å². The van der Waals surface area contributed by atoms with Crippen molar-refractivity contribution in [3.05, 3.63) is 35.4 Å². The first-order valence-corrected chi connectivity index (χ1v) is 6.03. The van der Waals surface area contributed by atoms with Crippen molar-refractivity contribution >= 4 is 0 Å². The molecule has 0 fully saturated rings. The van der Waals surface area contributed by atoms with Crippen molar-refractivity contribution < 1.29 is 0 Å². The lowest BCUT2D eigenvalue weighted by Gasteiger charge is -2.29. The van der Waals surface area contributed by atoms with Gasteiger partial charge in [0.25, 0.3) is 0 Å². The lowest BCUT2D eigenvalue weighted by Crippen LogP contribution is -2.39. The fourth-order valence-corrected chi connectivity index (χ4v) is 1.97. The summed E-state index contributed by atoms with van der Waals surface area (Å²) >= 11 is 0. The third kappa shape index (κ3) is 3.34. The van der Waals surface area contributed by atoms with Crippen LogP contribution in [-0.4, -0.2) is 12.6 Å². The van der Waals surface area contributed by atoms with Crippen LogP contribution >= 0.6 is 0 Å². The lowest BCUT2D eigenvalue weighted by atomic mass is 9.80. The first-order valence-electron chi connectivity index (χ1n) is 6.03. The number of rotatable bonds is 3. The average molecular weight is 219 g/mol. The van der Waals surface area contributed by atoms with Crippen molar-refractivity contribution in [1.29, 1.82) is 0 Å². The lowest BCUT2D eigenvalue weighted by molar-refractivity contribution is 0.417. The molecular formula is C15H25N. The Labute approximate surface area is 100 Å². The first kappa shape index (κ1) is 13.2. The van der Waals surface area contributed by atoms with Gasteiger partial charge in [-0.2, -0.15) is 0 Å². The van der Waals surface area contributed by atoms with Crippen molar-refractivity contribution in [2.24, 2.45) is 0 Å². The molecule has 0 spiro atoms. The molecule has 0 aliphatic heterocycles. The topological polar surface area (TPSA) is 12.0 Å². The highest BCUT2D eigenvalue weighted by Gasteiger charge is 2.22. The summed E-state index contributed by atoms with van der Waals surface area (Å²) in [7, 11) is 2.03. The Kier molecular flexibility index (Phi) is 3.80. The van der Waals surface area contributed by atoms with E-state index in [4.69, 9.17) is 0 Å². The Morgan fingerprint density at radius 2 is 1.56 bits per heavy atom. The summed E-state index contributed by atoms with van der Waals surface area (Å²) in [6.07, 6.45) is 1.07. The van der Waals surface area contributed by atoms with Gasteiger partial charge >= 0.3 is 0 Å². The van der Waals surface area contributed by atoms with Crippen LogP contribution in [0.25, 0.3) is 0 Å². The van der Waals surface area contributed by atoms with E-state index < -0.39 is 0 Å². The Balaban J connectivity index is 3.06. The number of hydrogen-bond donors (Lipinski definition) is 1. The van der Waals surface area contributed by atoms with Gasteiger partial charge in [0.15, 0.2) is 0 Å². The number of hydrogen-bond acceptors (Lipinski definition) is 1. The maximum absolute atomic E-state index is 3.37. The number of nitrogens with one attached hydrogen (secondary N) is 1. The van der Waals surface area contributed by atoms with Crippen LogP contribution in [0.2, 0.25) is 0 Å². The highest BCUT2D eigenvalue weighted by Crippen LogP contribution is 2.27. The third-order valence-electron chi connectivity index (χ3n) is 3.13. The molecule has 0 amide bonds. The molecule has 1 aromatic rings. The summed E-state index contributed by atoms with van der Waals surface area (Å²) < 4.78 is 0. The van der Waals surface area contributed by atoms with Crippen molar-refractivity contribution in [2.45, 2.75) is 52.0 Å². The molecule has 0 saturated heterocycles. The van der Waals surface area contributed by atoms with E-state index in [1.54, 1.807) is 0 Å². The summed E-state index contributed by atoms with van der Waals surface area (Å²) in [5.74, 6) is 0. The third-order valence-corrected chi connectivity index (χ3v) is 3.13. The zero-order valence-corrected chi connectivity index (χ0v) is 11.5. The highest BCUT2D eigenvalue weighted by atomic mass is 14.9.